The highest BCUT2D eigenvalue weighted by Gasteiger charge is 2.23. The van der Waals surface area contributed by atoms with Crippen molar-refractivity contribution in [3.05, 3.63) is 81.9 Å². The summed E-state index contributed by atoms with van der Waals surface area (Å²) in [4.78, 5) is 32.4. The van der Waals surface area contributed by atoms with E-state index >= 15 is 0 Å². The van der Waals surface area contributed by atoms with E-state index in [4.69, 9.17) is 21.6 Å². The Labute approximate surface area is 259 Å². The number of amides is 1. The largest absolute Gasteiger partial charge is 0.355 e. The van der Waals surface area contributed by atoms with Crippen LogP contribution in [0.3, 0.4) is 0 Å². The molecule has 3 aromatic rings. The monoisotopic (exact) mass is 595 g/mol. The molecule has 2 aliphatic heterocycles. The summed E-state index contributed by atoms with van der Waals surface area (Å²) >= 11 is 5.86. The van der Waals surface area contributed by atoms with E-state index in [-0.39, 0.29) is 5.91 Å². The summed E-state index contributed by atoms with van der Waals surface area (Å²) in [6, 6.07) is 8.63. The number of nitrogens with one attached hydrogen (secondary N) is 2. The van der Waals surface area contributed by atoms with E-state index in [9.17, 15) is 4.79 Å². The molecule has 5 heterocycles. The molecule has 7 heteroatoms. The van der Waals surface area contributed by atoms with Crippen molar-refractivity contribution in [1.82, 2.24) is 24.8 Å². The van der Waals surface area contributed by atoms with E-state index in [0.717, 1.165) is 91.1 Å². The molecule has 2 aliphatic rings. The molecule has 5 rings (SSSR count). The molecule has 43 heavy (non-hydrogen) atoms. The smallest absolute Gasteiger partial charge is 0.222 e. The summed E-state index contributed by atoms with van der Waals surface area (Å²) in [5, 5.41) is 0. The second kappa shape index (κ2) is 12.4. The number of carbonyl (C=O) groups is 1. The Hall–Kier alpha value is -3.90. The van der Waals surface area contributed by atoms with Crippen LogP contribution in [0.4, 0.5) is 0 Å². The van der Waals surface area contributed by atoms with Gasteiger partial charge in [0.05, 0.1) is 22.8 Å². The summed E-state index contributed by atoms with van der Waals surface area (Å²) in [7, 11) is 1.85. The van der Waals surface area contributed by atoms with E-state index in [1.807, 2.05) is 13.1 Å². The van der Waals surface area contributed by atoms with Gasteiger partial charge in [-0.3, -0.25) is 4.79 Å². The van der Waals surface area contributed by atoms with Crippen LogP contribution in [0.5, 0.6) is 0 Å². The number of aryl methyl sites for hydroxylation is 4. The Balaban J connectivity index is 1.79. The predicted octanol–water partition coefficient (Wildman–Crippen LogP) is 8.72. The van der Waals surface area contributed by atoms with Crippen molar-refractivity contribution < 1.29 is 4.79 Å². The number of aromatic amines is 2. The average Bonchev–Trinajstić information content (AvgIpc) is 3.68. The first-order valence-electron chi connectivity index (χ1n) is 15.1. The molecule has 0 aromatic carbocycles. The van der Waals surface area contributed by atoms with E-state index in [1.54, 1.807) is 4.90 Å². The van der Waals surface area contributed by atoms with Crippen LogP contribution in [0.15, 0.2) is 36.9 Å². The Morgan fingerprint density at radius 1 is 0.907 bits per heavy atom. The van der Waals surface area contributed by atoms with Crippen LogP contribution < -0.4 is 0 Å². The quantitative estimate of drug-likeness (QED) is 0.256. The highest BCUT2D eigenvalue weighted by molar-refractivity contribution is 6.17. The summed E-state index contributed by atoms with van der Waals surface area (Å²) in [5.41, 5.74) is 16.8. The van der Waals surface area contributed by atoms with E-state index < -0.39 is 0 Å². The second-order valence-corrected chi connectivity index (χ2v) is 12.1. The van der Waals surface area contributed by atoms with Gasteiger partial charge in [0, 0.05) is 53.5 Å². The van der Waals surface area contributed by atoms with Crippen LogP contribution in [0, 0.1) is 20.8 Å². The normalized spacial score (nSPS) is 13.2. The Morgan fingerprint density at radius 2 is 1.60 bits per heavy atom. The van der Waals surface area contributed by atoms with Crippen LogP contribution in [-0.4, -0.2) is 50.2 Å². The molecule has 3 aromatic heterocycles. The van der Waals surface area contributed by atoms with Gasteiger partial charge in [-0.15, -0.1) is 11.6 Å². The van der Waals surface area contributed by atoms with Gasteiger partial charge in [-0.05, 0) is 117 Å². The van der Waals surface area contributed by atoms with Gasteiger partial charge in [-0.1, -0.05) is 19.6 Å². The third kappa shape index (κ3) is 5.73. The lowest BCUT2D eigenvalue weighted by atomic mass is 9.98. The van der Waals surface area contributed by atoms with E-state index in [0.29, 0.717) is 25.3 Å². The van der Waals surface area contributed by atoms with Crippen molar-refractivity contribution in [2.24, 2.45) is 0 Å². The number of hydrogen-bond acceptors (Lipinski definition) is 3. The maximum Gasteiger partial charge on any atom is 0.222 e. The summed E-state index contributed by atoms with van der Waals surface area (Å²) in [6.45, 7) is 17.6. The fraction of sp³-hybridized carbons (Fsp3) is 0.361. The number of nitrogens with zero attached hydrogens (tertiary/aromatic N) is 3. The molecule has 224 valence electrons. The first-order chi connectivity index (χ1) is 20.6. The van der Waals surface area contributed by atoms with E-state index in [1.165, 1.54) is 11.1 Å². The van der Waals surface area contributed by atoms with Gasteiger partial charge in [-0.25, -0.2) is 9.97 Å². The van der Waals surface area contributed by atoms with E-state index in [2.05, 4.69) is 82.4 Å². The first kappa shape index (κ1) is 30.6. The van der Waals surface area contributed by atoms with Crippen LogP contribution in [0.25, 0.3) is 44.4 Å². The summed E-state index contributed by atoms with van der Waals surface area (Å²) in [5.74, 6) is 0.657. The minimum atomic E-state index is 0.113. The van der Waals surface area contributed by atoms with Crippen LogP contribution in [-0.2, 0) is 11.2 Å². The summed E-state index contributed by atoms with van der Waals surface area (Å²) in [6.07, 6.45) is 4.61. The number of rotatable bonds is 8. The van der Waals surface area contributed by atoms with Crippen molar-refractivity contribution in [2.75, 3.05) is 19.5 Å². The molecule has 6 nitrogen and oxygen atoms in total. The number of H-pyrrole nitrogens is 2. The molecule has 0 atom stereocenters. The average molecular weight is 596 g/mol. The number of halogens is 1. The number of fused-ring (bicyclic) bond motifs is 8. The first-order valence-corrected chi connectivity index (χ1v) is 15.7. The number of carbonyl (C=O) groups excluding carboxylic acids is 1. The van der Waals surface area contributed by atoms with Crippen molar-refractivity contribution in [3.8, 4) is 0 Å². The highest BCUT2D eigenvalue weighted by atomic mass is 35.5. The van der Waals surface area contributed by atoms with Crippen LogP contribution in [0.2, 0.25) is 0 Å². The minimum Gasteiger partial charge on any atom is -0.355 e. The van der Waals surface area contributed by atoms with Gasteiger partial charge in [0.1, 0.15) is 0 Å². The fourth-order valence-electron chi connectivity index (χ4n) is 6.18. The van der Waals surface area contributed by atoms with Gasteiger partial charge in [0.2, 0.25) is 5.91 Å². The molecule has 2 N–H and O–H groups in total. The highest BCUT2D eigenvalue weighted by Crippen LogP contribution is 2.38. The van der Waals surface area contributed by atoms with Crippen molar-refractivity contribution in [1.29, 1.82) is 0 Å². The molecule has 1 amide bonds. The molecular weight excluding hydrogens is 554 g/mol. The lowest BCUT2D eigenvalue weighted by Gasteiger charge is -2.17. The van der Waals surface area contributed by atoms with Gasteiger partial charge in [0.15, 0.2) is 0 Å². The maximum atomic E-state index is 13.0. The van der Waals surface area contributed by atoms with Crippen molar-refractivity contribution >= 4 is 61.9 Å². The van der Waals surface area contributed by atoms with Crippen LogP contribution >= 0.6 is 11.6 Å². The molecule has 0 spiro atoms. The third-order valence-electron chi connectivity index (χ3n) is 8.97. The number of alkyl halides is 1. The Morgan fingerprint density at radius 3 is 2.30 bits per heavy atom. The minimum absolute atomic E-state index is 0.113. The van der Waals surface area contributed by atoms with Crippen LogP contribution in [0.1, 0.15) is 85.1 Å². The molecule has 0 saturated carbocycles. The molecule has 0 fully saturated rings. The zero-order chi connectivity index (χ0) is 31.0. The fourth-order valence-corrected chi connectivity index (χ4v) is 6.30. The number of aromatic nitrogens is 4. The zero-order valence-electron chi connectivity index (χ0n) is 26.5. The van der Waals surface area contributed by atoms with Gasteiger partial charge < -0.3 is 14.9 Å². The third-order valence-corrected chi connectivity index (χ3v) is 9.24. The lowest BCUT2D eigenvalue weighted by Crippen LogP contribution is -2.27. The molecule has 0 radical (unpaired) electrons. The van der Waals surface area contributed by atoms with Crippen molar-refractivity contribution in [2.45, 2.75) is 67.2 Å². The Kier molecular flexibility index (Phi) is 8.79. The summed E-state index contributed by atoms with van der Waals surface area (Å²) < 4.78 is 0. The predicted molar refractivity (Wildman–Crippen MR) is 182 cm³/mol. The standard InChI is InChI=1S/C36H42ClN5O/c1-9-25-22(5)31-19-34-26(10-2)21(4)30(39-34)18-32-23(6)27(12-13-35(43)42(8)15-11-14-37)36(41-32)24(7)29-16-20(3)28(38-29)17-33(25)40-31/h10,16-19,38,40H,2,9,11-15H2,1,3-8H3. The molecular formula is C36H42ClN5O. The lowest BCUT2D eigenvalue weighted by molar-refractivity contribution is -0.129. The molecule has 8 bridgehead atoms. The molecule has 0 unspecified atom stereocenters. The zero-order valence-corrected chi connectivity index (χ0v) is 27.2. The maximum absolute atomic E-state index is 13.0. The molecule has 0 saturated heterocycles. The van der Waals surface area contributed by atoms with Gasteiger partial charge >= 0.3 is 0 Å². The number of hydrogen-bond donors (Lipinski definition) is 2. The molecule has 0 aliphatic carbocycles. The number of allylic oxidation sites excluding steroid dienone is 5. The van der Waals surface area contributed by atoms with Crippen molar-refractivity contribution in [3.63, 3.8) is 0 Å². The van der Waals surface area contributed by atoms with Gasteiger partial charge in [0.25, 0.3) is 0 Å². The second-order valence-electron chi connectivity index (χ2n) is 11.7. The topological polar surface area (TPSA) is 77.7 Å². The SMILES string of the molecule is C=CC1=C(C)c2cc3nc(c(C)c4cc(C)c(cc5[nH]c(cc1n2)c(C)c5CC)[nH]4)C(CCC(=O)N(C)CCCCl)=C3C. The van der Waals surface area contributed by atoms with Gasteiger partial charge in [-0.2, -0.15) is 0 Å². The Bertz CT molecular complexity index is 1850.